The van der Waals surface area contributed by atoms with Crippen LogP contribution in [0.5, 0.6) is 17.2 Å². The van der Waals surface area contributed by atoms with Gasteiger partial charge in [-0.05, 0) is 48.9 Å². The lowest BCUT2D eigenvalue weighted by atomic mass is 9.95. The lowest BCUT2D eigenvalue weighted by Gasteiger charge is -2.26. The average Bonchev–Trinajstić information content (AvgIpc) is 3.50. The predicted molar refractivity (Wildman–Crippen MR) is 115 cm³/mol. The van der Waals surface area contributed by atoms with Gasteiger partial charge in [0.2, 0.25) is 0 Å². The second kappa shape index (κ2) is 7.81. The van der Waals surface area contributed by atoms with Gasteiger partial charge in [0, 0.05) is 11.1 Å². The van der Waals surface area contributed by atoms with Crippen LogP contribution in [0.4, 0.5) is 0 Å². The second-order valence-corrected chi connectivity index (χ2v) is 7.45. The number of amides is 1. The van der Waals surface area contributed by atoms with E-state index in [0.717, 1.165) is 5.56 Å². The number of benzene rings is 2. The summed E-state index contributed by atoms with van der Waals surface area (Å²) in [6.45, 7) is 2.46. The molecule has 8 heteroatoms. The van der Waals surface area contributed by atoms with Gasteiger partial charge < -0.3 is 24.3 Å². The molecule has 1 aliphatic rings. The Hall–Kier alpha value is -4.20. The fourth-order valence-corrected chi connectivity index (χ4v) is 4.13. The Morgan fingerprint density at radius 2 is 1.97 bits per heavy atom. The Labute approximate surface area is 183 Å². The van der Waals surface area contributed by atoms with Crippen LogP contribution >= 0.6 is 0 Å². The topological polar surface area (TPSA) is 112 Å². The number of aromatic nitrogens is 2. The van der Waals surface area contributed by atoms with Crippen molar-refractivity contribution >= 4 is 5.91 Å². The molecule has 162 valence electrons. The molecule has 3 heterocycles. The van der Waals surface area contributed by atoms with Gasteiger partial charge in [0.05, 0.1) is 25.5 Å². The molecule has 2 aromatic heterocycles. The van der Waals surface area contributed by atoms with Crippen molar-refractivity contribution in [2.45, 2.75) is 19.5 Å². The number of carbonyl (C=O) groups excluding carboxylic acids is 1. The van der Waals surface area contributed by atoms with Gasteiger partial charge in [-0.1, -0.05) is 18.2 Å². The normalized spacial score (nSPS) is 15.2. The molecular weight excluding hydrogens is 410 g/mol. The van der Waals surface area contributed by atoms with Gasteiger partial charge in [-0.15, -0.1) is 0 Å². The highest BCUT2D eigenvalue weighted by molar-refractivity contribution is 6.00. The summed E-state index contributed by atoms with van der Waals surface area (Å²) in [5.74, 6) is 0.816. The van der Waals surface area contributed by atoms with Gasteiger partial charge in [0.15, 0.2) is 11.5 Å². The maximum Gasteiger partial charge on any atom is 0.273 e. The largest absolute Gasteiger partial charge is 0.507 e. The van der Waals surface area contributed by atoms with Crippen molar-refractivity contribution in [3.63, 3.8) is 0 Å². The third kappa shape index (κ3) is 3.17. The van der Waals surface area contributed by atoms with Crippen molar-refractivity contribution in [3.05, 3.63) is 83.4 Å². The molecule has 4 aromatic rings. The number of nitrogens with one attached hydrogen (secondary N) is 1. The third-order valence-corrected chi connectivity index (χ3v) is 5.53. The van der Waals surface area contributed by atoms with Gasteiger partial charge in [0.1, 0.15) is 22.9 Å². The van der Waals surface area contributed by atoms with Crippen LogP contribution in [0, 0.1) is 0 Å². The monoisotopic (exact) mass is 431 g/mol. The molecule has 0 saturated carbocycles. The SMILES string of the molecule is CCOc1cc([C@@H]2c3c(-c4ccccc4O)n[nH]c3C(=O)N2Cc2ccco2)ccc1O. The Bertz CT molecular complexity index is 1280. The zero-order chi connectivity index (χ0) is 22.2. The molecule has 1 atom stereocenters. The van der Waals surface area contributed by atoms with Crippen LogP contribution in [0.1, 0.15) is 40.3 Å². The number of carbonyl (C=O) groups is 1. The van der Waals surface area contributed by atoms with Gasteiger partial charge in [-0.3, -0.25) is 9.89 Å². The van der Waals surface area contributed by atoms with Gasteiger partial charge in [0.25, 0.3) is 5.91 Å². The number of aromatic hydroxyl groups is 2. The molecular formula is C24H21N3O5. The second-order valence-electron chi connectivity index (χ2n) is 7.45. The van der Waals surface area contributed by atoms with Crippen molar-refractivity contribution in [2.75, 3.05) is 6.61 Å². The van der Waals surface area contributed by atoms with Crippen molar-refractivity contribution in [1.82, 2.24) is 15.1 Å². The number of phenolic OH excluding ortho intramolecular Hbond substituents is 2. The van der Waals surface area contributed by atoms with Crippen LogP contribution in [0.3, 0.4) is 0 Å². The Kier molecular flexibility index (Phi) is 4.82. The fraction of sp³-hybridized carbons (Fsp3) is 0.167. The van der Waals surface area contributed by atoms with E-state index < -0.39 is 6.04 Å². The number of hydrogen-bond donors (Lipinski definition) is 3. The molecule has 32 heavy (non-hydrogen) atoms. The van der Waals surface area contributed by atoms with E-state index in [1.807, 2.05) is 13.0 Å². The van der Waals surface area contributed by atoms with Gasteiger partial charge in [-0.2, -0.15) is 5.10 Å². The Balaban J connectivity index is 1.68. The number of rotatable bonds is 6. The molecule has 0 radical (unpaired) electrons. The van der Waals surface area contributed by atoms with Crippen LogP contribution in [0.2, 0.25) is 0 Å². The van der Waals surface area contributed by atoms with E-state index in [1.54, 1.807) is 59.7 Å². The highest BCUT2D eigenvalue weighted by Gasteiger charge is 2.43. The lowest BCUT2D eigenvalue weighted by Crippen LogP contribution is -2.29. The minimum atomic E-state index is -0.532. The lowest BCUT2D eigenvalue weighted by molar-refractivity contribution is 0.0716. The van der Waals surface area contributed by atoms with Crippen LogP contribution in [0.25, 0.3) is 11.3 Å². The molecule has 0 saturated heterocycles. The zero-order valence-electron chi connectivity index (χ0n) is 17.3. The summed E-state index contributed by atoms with van der Waals surface area (Å²) in [6.07, 6.45) is 1.56. The summed E-state index contributed by atoms with van der Waals surface area (Å²) in [6, 6.07) is 14.9. The molecule has 0 unspecified atom stereocenters. The van der Waals surface area contributed by atoms with Crippen LogP contribution in [-0.2, 0) is 6.54 Å². The summed E-state index contributed by atoms with van der Waals surface area (Å²) in [7, 11) is 0. The molecule has 1 amide bonds. The average molecular weight is 431 g/mol. The first-order valence-electron chi connectivity index (χ1n) is 10.2. The highest BCUT2D eigenvalue weighted by atomic mass is 16.5. The van der Waals surface area contributed by atoms with E-state index in [0.29, 0.717) is 40.6 Å². The minimum Gasteiger partial charge on any atom is -0.507 e. The number of fused-ring (bicyclic) bond motifs is 1. The van der Waals surface area contributed by atoms with Gasteiger partial charge in [-0.25, -0.2) is 0 Å². The van der Waals surface area contributed by atoms with Crippen LogP contribution in [0.15, 0.2) is 65.3 Å². The smallest absolute Gasteiger partial charge is 0.273 e. The number of nitrogens with zero attached hydrogens (tertiary/aromatic N) is 2. The van der Waals surface area contributed by atoms with Crippen molar-refractivity contribution in [1.29, 1.82) is 0 Å². The Morgan fingerprint density at radius 3 is 2.72 bits per heavy atom. The van der Waals surface area contributed by atoms with Crippen LogP contribution < -0.4 is 4.74 Å². The van der Waals surface area contributed by atoms with Crippen molar-refractivity contribution < 1.29 is 24.2 Å². The molecule has 8 nitrogen and oxygen atoms in total. The molecule has 1 aliphatic heterocycles. The number of phenols is 2. The van der Waals surface area contributed by atoms with E-state index in [1.165, 1.54) is 0 Å². The highest BCUT2D eigenvalue weighted by Crippen LogP contribution is 2.46. The number of H-pyrrole nitrogens is 1. The van der Waals surface area contributed by atoms with E-state index in [4.69, 9.17) is 9.15 Å². The first kappa shape index (κ1) is 19.7. The minimum absolute atomic E-state index is 0.0193. The van der Waals surface area contributed by atoms with Crippen molar-refractivity contribution in [2.24, 2.45) is 0 Å². The summed E-state index contributed by atoms with van der Waals surface area (Å²) in [4.78, 5) is 15.1. The molecule has 2 aromatic carbocycles. The van der Waals surface area contributed by atoms with E-state index >= 15 is 0 Å². The molecule has 0 bridgehead atoms. The number of hydrogen-bond acceptors (Lipinski definition) is 6. The fourth-order valence-electron chi connectivity index (χ4n) is 4.13. The van der Waals surface area contributed by atoms with E-state index in [-0.39, 0.29) is 24.0 Å². The molecule has 0 fully saturated rings. The van der Waals surface area contributed by atoms with Gasteiger partial charge >= 0.3 is 0 Å². The summed E-state index contributed by atoms with van der Waals surface area (Å²) >= 11 is 0. The summed E-state index contributed by atoms with van der Waals surface area (Å²) in [5.41, 5.74) is 2.75. The number of ether oxygens (including phenoxy) is 1. The van der Waals surface area contributed by atoms with E-state index in [2.05, 4.69) is 10.2 Å². The summed E-state index contributed by atoms with van der Waals surface area (Å²) < 4.78 is 11.1. The molecule has 0 aliphatic carbocycles. The molecule has 0 spiro atoms. The first-order valence-corrected chi connectivity index (χ1v) is 10.2. The maximum atomic E-state index is 13.4. The number of para-hydroxylation sites is 1. The molecule has 3 N–H and O–H groups in total. The summed E-state index contributed by atoms with van der Waals surface area (Å²) in [5, 5.41) is 27.9. The maximum absolute atomic E-state index is 13.4. The Morgan fingerprint density at radius 1 is 1.12 bits per heavy atom. The molecule has 5 rings (SSSR count). The number of aromatic amines is 1. The zero-order valence-corrected chi connectivity index (χ0v) is 17.3. The number of furan rings is 1. The quantitative estimate of drug-likeness (QED) is 0.421. The first-order chi connectivity index (χ1) is 15.6. The van der Waals surface area contributed by atoms with Crippen molar-refractivity contribution in [3.8, 4) is 28.5 Å². The van der Waals surface area contributed by atoms with E-state index in [9.17, 15) is 15.0 Å². The third-order valence-electron chi connectivity index (χ3n) is 5.53. The predicted octanol–water partition coefficient (Wildman–Crippen LogP) is 4.23. The van der Waals surface area contributed by atoms with Crippen LogP contribution in [-0.4, -0.2) is 37.8 Å². The standard InChI is InChI=1S/C24H21N3O5/c1-2-31-19-12-14(9-10-18(19)29)23-20-21(16-7-3-4-8-17(16)28)25-26-22(20)24(30)27(23)13-15-6-5-11-32-15/h3-12,23,28-29H,2,13H2,1H3,(H,25,26)/t23-/m1/s1.